The predicted molar refractivity (Wildman–Crippen MR) is 52.3 cm³/mol. The molecule has 0 aliphatic carbocycles. The Morgan fingerprint density at radius 2 is 1.62 bits per heavy atom. The molecule has 0 aromatic heterocycles. The molecule has 5 N–H and O–H groups in total. The Morgan fingerprint density at radius 1 is 1.12 bits per heavy atom. The molecule has 0 aliphatic heterocycles. The first-order valence-electron chi connectivity index (χ1n) is 4.84. The van der Waals surface area contributed by atoms with Gasteiger partial charge in [-0.2, -0.15) is 0 Å². The molecule has 0 aromatic carbocycles. The highest BCUT2D eigenvalue weighted by atomic mass is 16.6. The Morgan fingerprint density at radius 3 is 1.94 bits per heavy atom. The molecule has 96 valence electrons. The van der Waals surface area contributed by atoms with Crippen LogP contribution in [0.3, 0.4) is 0 Å². The van der Waals surface area contributed by atoms with Gasteiger partial charge in [0.2, 0.25) is 0 Å². The second-order valence-electron chi connectivity index (χ2n) is 3.56. The van der Waals surface area contributed by atoms with E-state index in [1.165, 1.54) is 6.92 Å². The third-order valence-corrected chi connectivity index (χ3v) is 2.01. The molecular formula is C9H18O7. The molecule has 0 saturated carbocycles. The van der Waals surface area contributed by atoms with Crippen LogP contribution >= 0.6 is 0 Å². The van der Waals surface area contributed by atoms with Gasteiger partial charge in [-0.15, -0.1) is 0 Å². The maximum Gasteiger partial charge on any atom is 0.335 e. The van der Waals surface area contributed by atoms with Crippen molar-refractivity contribution < 1.29 is 35.1 Å². The van der Waals surface area contributed by atoms with E-state index in [2.05, 4.69) is 4.74 Å². The van der Waals surface area contributed by atoms with E-state index in [4.69, 9.17) is 15.3 Å². The number of aliphatic hydroxyl groups excluding tert-OH is 5. The minimum atomic E-state index is -1.63. The zero-order valence-electron chi connectivity index (χ0n) is 9.15. The molecule has 0 fully saturated rings. The van der Waals surface area contributed by atoms with E-state index < -0.39 is 43.1 Å². The summed E-state index contributed by atoms with van der Waals surface area (Å²) in [7, 11) is 0. The summed E-state index contributed by atoms with van der Waals surface area (Å²) in [5.41, 5.74) is 0. The fourth-order valence-corrected chi connectivity index (χ4v) is 0.968. The highest BCUT2D eigenvalue weighted by Gasteiger charge is 2.32. The van der Waals surface area contributed by atoms with E-state index >= 15 is 0 Å². The van der Waals surface area contributed by atoms with Crippen LogP contribution in [0.5, 0.6) is 0 Å². The molecule has 0 spiro atoms. The Labute approximate surface area is 92.9 Å². The second kappa shape index (κ2) is 6.77. The number of ether oxygens (including phenoxy) is 1. The van der Waals surface area contributed by atoms with Crippen LogP contribution in [0.25, 0.3) is 0 Å². The van der Waals surface area contributed by atoms with Crippen molar-refractivity contribution in [3.63, 3.8) is 0 Å². The van der Waals surface area contributed by atoms with Gasteiger partial charge in [-0.05, 0) is 13.8 Å². The molecule has 0 bridgehead atoms. The molecule has 0 radical (unpaired) electrons. The summed E-state index contributed by atoms with van der Waals surface area (Å²) in [6.07, 6.45) is -7.22. The van der Waals surface area contributed by atoms with Gasteiger partial charge in [-0.3, -0.25) is 0 Å². The lowest BCUT2D eigenvalue weighted by atomic mass is 10.0. The molecule has 0 amide bonds. The van der Waals surface area contributed by atoms with E-state index in [0.717, 1.165) is 6.92 Å². The lowest BCUT2D eigenvalue weighted by Gasteiger charge is -2.27. The van der Waals surface area contributed by atoms with Crippen LogP contribution in [0.2, 0.25) is 0 Å². The first kappa shape index (κ1) is 15.3. The number of aliphatic hydroxyl groups is 5. The molecule has 0 aliphatic rings. The lowest BCUT2D eigenvalue weighted by molar-refractivity contribution is -0.176. The van der Waals surface area contributed by atoms with Gasteiger partial charge in [-0.1, -0.05) is 0 Å². The molecule has 16 heavy (non-hydrogen) atoms. The minimum absolute atomic E-state index is 0.733. The van der Waals surface area contributed by atoms with Gasteiger partial charge in [0.25, 0.3) is 0 Å². The van der Waals surface area contributed by atoms with E-state index in [0.29, 0.717) is 0 Å². The van der Waals surface area contributed by atoms with E-state index in [1.807, 2.05) is 0 Å². The highest BCUT2D eigenvalue weighted by molar-refractivity contribution is 5.74. The average Bonchev–Trinajstić information content (AvgIpc) is 2.22. The summed E-state index contributed by atoms with van der Waals surface area (Å²) < 4.78 is 4.53. The Kier molecular flexibility index (Phi) is 6.46. The summed E-state index contributed by atoms with van der Waals surface area (Å²) in [4.78, 5) is 11.0. The fraction of sp³-hybridized carbons (Fsp3) is 0.889. The fourth-order valence-electron chi connectivity index (χ4n) is 0.968. The topological polar surface area (TPSA) is 127 Å². The largest absolute Gasteiger partial charge is 0.455 e. The monoisotopic (exact) mass is 238 g/mol. The Balaban J connectivity index is 4.43. The van der Waals surface area contributed by atoms with Gasteiger partial charge < -0.3 is 30.3 Å². The van der Waals surface area contributed by atoms with E-state index in [1.54, 1.807) is 0 Å². The maximum absolute atomic E-state index is 11.0. The van der Waals surface area contributed by atoms with Crippen molar-refractivity contribution in [2.24, 2.45) is 0 Å². The van der Waals surface area contributed by atoms with Crippen LogP contribution in [0.15, 0.2) is 0 Å². The number of carbonyl (C=O) groups is 1. The van der Waals surface area contributed by atoms with Crippen LogP contribution in [0.1, 0.15) is 13.8 Å². The maximum atomic E-state index is 11.0. The molecule has 1 unspecified atom stereocenters. The smallest absolute Gasteiger partial charge is 0.335 e. The molecule has 0 rings (SSSR count). The van der Waals surface area contributed by atoms with Crippen molar-refractivity contribution in [2.75, 3.05) is 6.61 Å². The minimum Gasteiger partial charge on any atom is -0.455 e. The molecule has 5 atom stereocenters. The Hall–Kier alpha value is -0.730. The molecule has 7 heteroatoms. The van der Waals surface area contributed by atoms with Crippen LogP contribution < -0.4 is 0 Å². The SMILES string of the molecule is CC(O)C(=O)O[C@H](CO)[C@@H](O)[C@H](O)[C@H](C)O. The van der Waals surface area contributed by atoms with Crippen LogP contribution in [0.4, 0.5) is 0 Å². The van der Waals surface area contributed by atoms with Gasteiger partial charge in [0, 0.05) is 0 Å². The predicted octanol–water partition coefficient (Wildman–Crippen LogP) is -2.63. The number of rotatable bonds is 6. The third kappa shape index (κ3) is 4.42. The zero-order valence-corrected chi connectivity index (χ0v) is 9.15. The second-order valence-corrected chi connectivity index (χ2v) is 3.56. The van der Waals surface area contributed by atoms with E-state index in [-0.39, 0.29) is 0 Å². The highest BCUT2D eigenvalue weighted by Crippen LogP contribution is 2.09. The van der Waals surface area contributed by atoms with Gasteiger partial charge >= 0.3 is 5.97 Å². The van der Waals surface area contributed by atoms with Crippen molar-refractivity contribution in [1.82, 2.24) is 0 Å². The standard InChI is InChI=1S/C9H18O7/c1-4(11)7(13)8(14)6(3-10)16-9(15)5(2)12/h4-8,10-14H,3H2,1-2H3/t4-,5?,6+,7+,8+/m0/s1. The lowest BCUT2D eigenvalue weighted by Crippen LogP contribution is -2.47. The number of hydrogen-bond acceptors (Lipinski definition) is 7. The summed E-state index contributed by atoms with van der Waals surface area (Å²) in [6, 6.07) is 0. The van der Waals surface area contributed by atoms with Gasteiger partial charge in [0.1, 0.15) is 18.3 Å². The van der Waals surface area contributed by atoms with Crippen molar-refractivity contribution >= 4 is 5.97 Å². The number of carbonyl (C=O) groups excluding carboxylic acids is 1. The summed E-state index contributed by atoms with van der Waals surface area (Å²) in [6.45, 7) is 1.66. The quantitative estimate of drug-likeness (QED) is 0.320. The number of esters is 1. The normalized spacial score (nSPS) is 20.7. The summed E-state index contributed by atoms with van der Waals surface area (Å²) in [5.74, 6) is -1.03. The molecule has 0 aromatic rings. The Bertz CT molecular complexity index is 216. The zero-order chi connectivity index (χ0) is 12.9. The molecule has 7 nitrogen and oxygen atoms in total. The molecular weight excluding hydrogens is 220 g/mol. The van der Waals surface area contributed by atoms with Crippen molar-refractivity contribution in [2.45, 2.75) is 44.4 Å². The van der Waals surface area contributed by atoms with Crippen LogP contribution in [-0.4, -0.2) is 68.6 Å². The molecule has 0 saturated heterocycles. The van der Waals surface area contributed by atoms with Gasteiger partial charge in [0.05, 0.1) is 12.7 Å². The number of hydrogen-bond donors (Lipinski definition) is 5. The van der Waals surface area contributed by atoms with Crippen molar-refractivity contribution in [3.8, 4) is 0 Å². The van der Waals surface area contributed by atoms with Gasteiger partial charge in [0.15, 0.2) is 6.10 Å². The van der Waals surface area contributed by atoms with E-state index in [9.17, 15) is 15.0 Å². The average molecular weight is 238 g/mol. The summed E-state index contributed by atoms with van der Waals surface area (Å²) >= 11 is 0. The molecule has 0 heterocycles. The van der Waals surface area contributed by atoms with Crippen molar-refractivity contribution in [1.29, 1.82) is 0 Å². The first-order valence-corrected chi connectivity index (χ1v) is 4.84. The van der Waals surface area contributed by atoms with Gasteiger partial charge in [-0.25, -0.2) is 4.79 Å². The van der Waals surface area contributed by atoms with Crippen LogP contribution in [-0.2, 0) is 9.53 Å². The summed E-state index contributed by atoms with van der Waals surface area (Å²) in [5, 5.41) is 45.4. The first-order chi connectivity index (χ1) is 7.31. The third-order valence-electron chi connectivity index (χ3n) is 2.01. The van der Waals surface area contributed by atoms with Crippen molar-refractivity contribution in [3.05, 3.63) is 0 Å². The van der Waals surface area contributed by atoms with Crippen LogP contribution in [0, 0.1) is 0 Å².